The minimum Gasteiger partial charge on any atom is -0.331 e. The second kappa shape index (κ2) is 7.04. The van der Waals surface area contributed by atoms with Crippen LogP contribution in [0.25, 0.3) is 0 Å². The van der Waals surface area contributed by atoms with Crippen molar-refractivity contribution in [3.63, 3.8) is 0 Å². The van der Waals surface area contributed by atoms with Gasteiger partial charge in [0.05, 0.1) is 6.04 Å². The summed E-state index contributed by atoms with van der Waals surface area (Å²) in [4.78, 5) is 15.1. The Morgan fingerprint density at radius 1 is 1.43 bits per heavy atom. The maximum absolute atomic E-state index is 13.0. The van der Waals surface area contributed by atoms with Crippen molar-refractivity contribution in [2.24, 2.45) is 5.92 Å². The molecule has 2 heterocycles. The zero-order valence-electron chi connectivity index (χ0n) is 14.7. The van der Waals surface area contributed by atoms with Crippen LogP contribution in [-0.2, 0) is 0 Å². The highest BCUT2D eigenvalue weighted by Crippen LogP contribution is 2.32. The van der Waals surface area contributed by atoms with Gasteiger partial charge in [-0.3, -0.25) is 9.48 Å². The van der Waals surface area contributed by atoms with Crippen molar-refractivity contribution in [1.29, 1.82) is 0 Å². The Kier molecular flexibility index (Phi) is 5.05. The summed E-state index contributed by atoms with van der Waals surface area (Å²) in [6, 6.07) is 2.98. The standard InChI is InChI=1S/C18H30N4O/c1-4-13(2)14(3)22(15-7-8-15)18(23)17-9-11-21(20-17)16-6-5-10-19-12-16/h9,11,13-16,19H,4-8,10,12H2,1-3H3. The predicted molar refractivity (Wildman–Crippen MR) is 91.5 cm³/mol. The van der Waals surface area contributed by atoms with E-state index in [1.807, 2.05) is 16.9 Å². The average molecular weight is 318 g/mol. The average Bonchev–Trinajstić information content (AvgIpc) is 3.29. The lowest BCUT2D eigenvalue weighted by Gasteiger charge is -2.32. The van der Waals surface area contributed by atoms with Crippen molar-refractivity contribution in [2.45, 2.75) is 71.0 Å². The van der Waals surface area contributed by atoms with Gasteiger partial charge < -0.3 is 10.2 Å². The summed E-state index contributed by atoms with van der Waals surface area (Å²) in [5, 5.41) is 8.03. The summed E-state index contributed by atoms with van der Waals surface area (Å²) in [6.45, 7) is 8.66. The Hall–Kier alpha value is -1.36. The monoisotopic (exact) mass is 318 g/mol. The predicted octanol–water partition coefficient (Wildman–Crippen LogP) is 2.85. The maximum atomic E-state index is 13.0. The second-order valence-electron chi connectivity index (χ2n) is 7.25. The lowest BCUT2D eigenvalue weighted by atomic mass is 9.98. The van der Waals surface area contributed by atoms with E-state index in [0.29, 0.717) is 23.7 Å². The van der Waals surface area contributed by atoms with Gasteiger partial charge in [0.1, 0.15) is 5.69 Å². The molecule has 1 saturated carbocycles. The minimum atomic E-state index is 0.114. The van der Waals surface area contributed by atoms with Gasteiger partial charge in [-0.15, -0.1) is 0 Å². The van der Waals surface area contributed by atoms with Crippen LogP contribution in [0.3, 0.4) is 0 Å². The SMILES string of the molecule is CCC(C)C(C)N(C(=O)c1ccn(C2CCCNC2)n1)C1CC1. The fourth-order valence-corrected chi connectivity index (χ4v) is 3.50. The van der Waals surface area contributed by atoms with E-state index in [9.17, 15) is 4.79 Å². The van der Waals surface area contributed by atoms with Crippen molar-refractivity contribution in [3.05, 3.63) is 18.0 Å². The molecule has 3 unspecified atom stereocenters. The topological polar surface area (TPSA) is 50.2 Å². The molecule has 128 valence electrons. The highest BCUT2D eigenvalue weighted by atomic mass is 16.2. The molecule has 5 heteroatoms. The third kappa shape index (κ3) is 3.60. The van der Waals surface area contributed by atoms with Crippen LogP contribution in [-0.4, -0.2) is 45.8 Å². The molecule has 3 rings (SSSR count). The molecule has 23 heavy (non-hydrogen) atoms. The third-order valence-electron chi connectivity index (χ3n) is 5.55. The van der Waals surface area contributed by atoms with Gasteiger partial charge in [-0.1, -0.05) is 20.3 Å². The van der Waals surface area contributed by atoms with Gasteiger partial charge in [-0.25, -0.2) is 0 Å². The van der Waals surface area contributed by atoms with Crippen LogP contribution >= 0.6 is 0 Å². The molecule has 1 aliphatic heterocycles. The molecule has 1 aliphatic carbocycles. The number of nitrogens with one attached hydrogen (secondary N) is 1. The van der Waals surface area contributed by atoms with Crippen LogP contribution in [0.5, 0.6) is 0 Å². The van der Waals surface area contributed by atoms with Crippen LogP contribution in [0.2, 0.25) is 0 Å². The molecular weight excluding hydrogens is 288 g/mol. The quantitative estimate of drug-likeness (QED) is 0.877. The number of carbonyl (C=O) groups is 1. The number of carbonyl (C=O) groups excluding carboxylic acids is 1. The van der Waals surface area contributed by atoms with Gasteiger partial charge in [0.2, 0.25) is 0 Å². The van der Waals surface area contributed by atoms with E-state index in [-0.39, 0.29) is 11.9 Å². The summed E-state index contributed by atoms with van der Waals surface area (Å²) < 4.78 is 1.98. The molecule has 3 atom stereocenters. The number of nitrogens with zero attached hydrogens (tertiary/aromatic N) is 3. The lowest BCUT2D eigenvalue weighted by Crippen LogP contribution is -2.43. The van der Waals surface area contributed by atoms with E-state index < -0.39 is 0 Å². The van der Waals surface area contributed by atoms with Crippen LogP contribution < -0.4 is 5.32 Å². The van der Waals surface area contributed by atoms with Gasteiger partial charge >= 0.3 is 0 Å². The number of hydrogen-bond acceptors (Lipinski definition) is 3. The van der Waals surface area contributed by atoms with Crippen molar-refractivity contribution in [3.8, 4) is 0 Å². The Bertz CT molecular complexity index is 531. The van der Waals surface area contributed by atoms with E-state index in [4.69, 9.17) is 0 Å². The van der Waals surface area contributed by atoms with Crippen LogP contribution in [0, 0.1) is 5.92 Å². The van der Waals surface area contributed by atoms with Gasteiger partial charge in [-0.05, 0) is 51.1 Å². The number of hydrogen-bond donors (Lipinski definition) is 1. The third-order valence-corrected chi connectivity index (χ3v) is 5.55. The fraction of sp³-hybridized carbons (Fsp3) is 0.778. The molecule has 1 saturated heterocycles. The number of piperidine rings is 1. The lowest BCUT2D eigenvalue weighted by molar-refractivity contribution is 0.0608. The Balaban J connectivity index is 1.74. The van der Waals surface area contributed by atoms with E-state index in [2.05, 4.69) is 36.1 Å². The smallest absolute Gasteiger partial charge is 0.274 e. The zero-order valence-corrected chi connectivity index (χ0v) is 14.7. The van der Waals surface area contributed by atoms with Crippen LogP contribution in [0.15, 0.2) is 12.3 Å². The van der Waals surface area contributed by atoms with Gasteiger partial charge in [0.25, 0.3) is 5.91 Å². The van der Waals surface area contributed by atoms with Gasteiger partial charge in [0.15, 0.2) is 0 Å². The molecule has 5 nitrogen and oxygen atoms in total. The Morgan fingerprint density at radius 3 is 2.83 bits per heavy atom. The van der Waals surface area contributed by atoms with Crippen LogP contribution in [0.4, 0.5) is 0 Å². The van der Waals surface area contributed by atoms with Crippen molar-refractivity contribution >= 4 is 5.91 Å². The molecule has 1 aromatic rings. The van der Waals surface area contributed by atoms with Crippen molar-refractivity contribution in [2.75, 3.05) is 13.1 Å². The Morgan fingerprint density at radius 2 is 2.22 bits per heavy atom. The molecule has 1 amide bonds. The molecule has 0 bridgehead atoms. The summed E-state index contributed by atoms with van der Waals surface area (Å²) in [6.07, 6.45) is 7.66. The first-order chi connectivity index (χ1) is 11.1. The Labute approximate surface area is 139 Å². The zero-order chi connectivity index (χ0) is 16.4. The summed E-state index contributed by atoms with van der Waals surface area (Å²) in [5.41, 5.74) is 0.609. The van der Waals surface area contributed by atoms with Crippen molar-refractivity contribution < 1.29 is 4.79 Å². The largest absolute Gasteiger partial charge is 0.331 e. The van der Waals surface area contributed by atoms with Crippen molar-refractivity contribution in [1.82, 2.24) is 20.0 Å². The van der Waals surface area contributed by atoms with E-state index >= 15 is 0 Å². The number of rotatable bonds is 6. The second-order valence-corrected chi connectivity index (χ2v) is 7.25. The molecule has 1 N–H and O–H groups in total. The van der Waals surface area contributed by atoms with E-state index in [0.717, 1.165) is 38.8 Å². The van der Waals surface area contributed by atoms with Gasteiger partial charge in [-0.2, -0.15) is 5.10 Å². The van der Waals surface area contributed by atoms with E-state index in [1.54, 1.807) is 0 Å². The molecule has 0 radical (unpaired) electrons. The van der Waals surface area contributed by atoms with Gasteiger partial charge in [0, 0.05) is 24.8 Å². The fourth-order valence-electron chi connectivity index (χ4n) is 3.50. The normalized spacial score (nSPS) is 24.2. The summed E-state index contributed by atoms with van der Waals surface area (Å²) in [5.74, 6) is 0.631. The first-order valence-electron chi connectivity index (χ1n) is 9.20. The summed E-state index contributed by atoms with van der Waals surface area (Å²) >= 11 is 0. The molecule has 1 aromatic heterocycles. The minimum absolute atomic E-state index is 0.114. The van der Waals surface area contributed by atoms with E-state index in [1.165, 1.54) is 6.42 Å². The number of amides is 1. The number of aromatic nitrogens is 2. The molecule has 0 spiro atoms. The first kappa shape index (κ1) is 16.5. The highest BCUT2D eigenvalue weighted by Gasteiger charge is 2.38. The van der Waals surface area contributed by atoms with Crippen LogP contribution in [0.1, 0.15) is 69.4 Å². The molecular formula is C18H30N4O. The molecule has 2 aliphatic rings. The first-order valence-corrected chi connectivity index (χ1v) is 9.20. The summed E-state index contributed by atoms with van der Waals surface area (Å²) in [7, 11) is 0. The highest BCUT2D eigenvalue weighted by molar-refractivity contribution is 5.92. The maximum Gasteiger partial charge on any atom is 0.274 e. The molecule has 2 fully saturated rings. The molecule has 0 aromatic carbocycles.